The molecule has 1 aliphatic heterocycles. The van der Waals surface area contributed by atoms with Gasteiger partial charge in [0.15, 0.2) is 0 Å². The van der Waals surface area contributed by atoms with Crippen molar-refractivity contribution in [3.8, 4) is 0 Å². The van der Waals surface area contributed by atoms with E-state index in [0.717, 1.165) is 41.9 Å². The number of allylic oxidation sites excluding steroid dienone is 1. The Hall–Kier alpha value is 0.219. The van der Waals surface area contributed by atoms with Gasteiger partial charge in [-0.3, -0.25) is 0 Å². The first-order valence-corrected chi connectivity index (χ1v) is 15.0. The monoisotopic (exact) mass is 478 g/mol. The van der Waals surface area contributed by atoms with Crippen LogP contribution in [-0.2, 0) is 0 Å². The number of aliphatic hydroxyl groups is 1. The van der Waals surface area contributed by atoms with Gasteiger partial charge in [0.25, 0.3) is 0 Å². The summed E-state index contributed by atoms with van der Waals surface area (Å²) in [4.78, 5) is 0.636. The molecule has 1 heterocycles. The van der Waals surface area contributed by atoms with Crippen LogP contribution in [0, 0.1) is 46.3 Å². The molecular weight excluding hydrogens is 431 g/mol. The van der Waals surface area contributed by atoms with E-state index >= 15 is 0 Å². The Bertz CT molecular complexity index is 713. The minimum absolute atomic E-state index is 0.0396. The predicted molar refractivity (Wildman–Crippen MR) is 128 cm³/mol. The standard InChI is InChI=1S/C28H46OSe/c1-17(2)8-7-9-18(3)21-12-13-22-20-11-10-19-16-24(29)25-28(6,30-25)27(19,5)23(20)14-15-26(21,22)4/h10,17-18,20-25,29H,7-9,11-16H2,1-6H3/t18-,20+,21-,22+,23+,24+,25?,26-,27+,28?/m1/s1. The van der Waals surface area contributed by atoms with Gasteiger partial charge < -0.3 is 0 Å². The third-order valence-electron chi connectivity index (χ3n) is 11.4. The molecule has 0 radical (unpaired) electrons. The van der Waals surface area contributed by atoms with Crippen LogP contribution in [0.2, 0.25) is 9.13 Å². The summed E-state index contributed by atoms with van der Waals surface area (Å²) in [5.41, 5.74) is 2.64. The average molecular weight is 478 g/mol. The van der Waals surface area contributed by atoms with E-state index in [1.165, 1.54) is 51.4 Å². The molecule has 0 spiro atoms. The van der Waals surface area contributed by atoms with Crippen molar-refractivity contribution < 1.29 is 5.11 Å². The fraction of sp³-hybridized carbons (Fsp3) is 0.929. The third kappa shape index (κ3) is 2.95. The molecule has 1 N–H and O–H groups in total. The first-order valence-electron chi connectivity index (χ1n) is 13.2. The van der Waals surface area contributed by atoms with Crippen LogP contribution < -0.4 is 0 Å². The van der Waals surface area contributed by atoms with Crippen molar-refractivity contribution in [2.24, 2.45) is 46.3 Å². The average Bonchev–Trinajstić information content (AvgIpc) is 3.27. The van der Waals surface area contributed by atoms with E-state index in [-0.39, 0.29) is 6.10 Å². The number of aliphatic hydroxyl groups excluding tert-OH is 1. The first kappa shape index (κ1) is 22.0. The number of hydrogen-bond donors (Lipinski definition) is 1. The second-order valence-electron chi connectivity index (χ2n) is 13.0. The van der Waals surface area contributed by atoms with Gasteiger partial charge in [0.2, 0.25) is 0 Å². The van der Waals surface area contributed by atoms with E-state index in [1.807, 2.05) is 0 Å². The van der Waals surface area contributed by atoms with Crippen LogP contribution in [0.5, 0.6) is 0 Å². The summed E-state index contributed by atoms with van der Waals surface area (Å²) >= 11 is 0.641. The van der Waals surface area contributed by atoms with Crippen LogP contribution in [0.15, 0.2) is 11.6 Å². The van der Waals surface area contributed by atoms with Gasteiger partial charge in [-0.2, -0.15) is 0 Å². The Kier molecular flexibility index (Phi) is 5.41. The van der Waals surface area contributed by atoms with Gasteiger partial charge in [0.05, 0.1) is 0 Å². The van der Waals surface area contributed by atoms with Gasteiger partial charge in [0.1, 0.15) is 0 Å². The molecular formula is C28H46OSe. The predicted octanol–water partition coefficient (Wildman–Crippen LogP) is 7.29. The van der Waals surface area contributed by atoms with E-state index in [1.54, 1.807) is 5.57 Å². The van der Waals surface area contributed by atoms with E-state index in [0.29, 0.717) is 34.9 Å². The number of hydrogen-bond acceptors (Lipinski definition) is 1. The van der Waals surface area contributed by atoms with Crippen molar-refractivity contribution in [1.82, 2.24) is 0 Å². The molecule has 1 nitrogen and oxygen atoms in total. The zero-order valence-corrected chi connectivity index (χ0v) is 22.1. The summed E-state index contributed by atoms with van der Waals surface area (Å²) < 4.78 is 0.433. The van der Waals surface area contributed by atoms with Gasteiger partial charge in [0, 0.05) is 0 Å². The van der Waals surface area contributed by atoms with Crippen molar-refractivity contribution in [2.75, 3.05) is 0 Å². The zero-order valence-electron chi connectivity index (χ0n) is 20.4. The summed E-state index contributed by atoms with van der Waals surface area (Å²) in [5, 5.41) is 10.7. The van der Waals surface area contributed by atoms with Crippen molar-refractivity contribution in [2.45, 2.75) is 115 Å². The molecule has 0 aromatic heterocycles. The fourth-order valence-corrected chi connectivity index (χ4v) is 12.9. The molecule has 3 saturated carbocycles. The van der Waals surface area contributed by atoms with Crippen molar-refractivity contribution in [1.29, 1.82) is 0 Å². The molecule has 0 bridgehead atoms. The van der Waals surface area contributed by atoms with Crippen LogP contribution >= 0.6 is 0 Å². The van der Waals surface area contributed by atoms with Crippen LogP contribution in [0.25, 0.3) is 0 Å². The van der Waals surface area contributed by atoms with E-state index < -0.39 is 0 Å². The minimum atomic E-state index is -0.0396. The van der Waals surface area contributed by atoms with Gasteiger partial charge in [-0.1, -0.05) is 13.8 Å². The summed E-state index contributed by atoms with van der Waals surface area (Å²) in [5.74, 6) is 5.45. The zero-order chi connectivity index (χ0) is 21.5. The van der Waals surface area contributed by atoms with Crippen molar-refractivity contribution in [3.05, 3.63) is 11.6 Å². The Morgan fingerprint density at radius 3 is 2.57 bits per heavy atom. The molecule has 10 atom stereocenters. The molecule has 1 saturated heterocycles. The van der Waals surface area contributed by atoms with E-state index in [4.69, 9.17) is 0 Å². The Morgan fingerprint density at radius 1 is 1.07 bits per heavy atom. The Morgan fingerprint density at radius 2 is 1.83 bits per heavy atom. The first-order chi connectivity index (χ1) is 14.1. The van der Waals surface area contributed by atoms with E-state index in [9.17, 15) is 5.11 Å². The third-order valence-corrected chi connectivity index (χ3v) is 15.4. The van der Waals surface area contributed by atoms with Crippen LogP contribution in [0.3, 0.4) is 0 Å². The second kappa shape index (κ2) is 7.36. The molecule has 4 fully saturated rings. The van der Waals surface area contributed by atoms with Gasteiger partial charge in [-0.05, 0) is 0 Å². The van der Waals surface area contributed by atoms with Crippen LogP contribution in [0.4, 0.5) is 0 Å². The Labute approximate surface area is 192 Å². The molecule has 2 heteroatoms. The maximum absolute atomic E-state index is 10.7. The van der Waals surface area contributed by atoms with Gasteiger partial charge in [-0.15, -0.1) is 0 Å². The summed E-state index contributed by atoms with van der Waals surface area (Å²) in [6, 6.07) is 0. The maximum atomic E-state index is 10.7. The molecule has 0 amide bonds. The van der Waals surface area contributed by atoms with Gasteiger partial charge >= 0.3 is 179 Å². The van der Waals surface area contributed by atoms with Crippen LogP contribution in [0.1, 0.15) is 99.3 Å². The van der Waals surface area contributed by atoms with Gasteiger partial charge in [-0.25, -0.2) is 0 Å². The topological polar surface area (TPSA) is 20.2 Å². The van der Waals surface area contributed by atoms with Crippen LogP contribution in [-0.4, -0.2) is 26.2 Å². The van der Waals surface area contributed by atoms with E-state index in [2.05, 4.69) is 47.6 Å². The molecule has 5 rings (SSSR count). The number of rotatable bonds is 5. The second-order valence-corrected chi connectivity index (χ2v) is 16.3. The SMILES string of the molecule is CC(C)CCC[C@@H](C)[C@H]1CC[C@H]2[C@@H]3CC=C4C[C@H](O)C5[Se]C5(C)[C@]4(C)[C@H]3CC[C@]12C. The molecule has 30 heavy (non-hydrogen) atoms. The summed E-state index contributed by atoms with van der Waals surface area (Å²) in [6.07, 6.45) is 15.1. The molecule has 2 unspecified atom stereocenters. The van der Waals surface area contributed by atoms with Crippen molar-refractivity contribution in [3.63, 3.8) is 0 Å². The molecule has 0 aromatic rings. The fourth-order valence-electron chi connectivity index (χ4n) is 9.49. The Balaban J connectivity index is 1.37. The number of fused-ring (bicyclic) bond motifs is 7. The molecule has 170 valence electrons. The molecule has 0 aromatic carbocycles. The normalized spacial score (nSPS) is 52.7. The summed E-state index contributed by atoms with van der Waals surface area (Å²) in [7, 11) is 0. The summed E-state index contributed by atoms with van der Waals surface area (Å²) in [6.45, 7) is 15.3. The molecule has 5 aliphatic rings. The molecule has 4 aliphatic carbocycles. The van der Waals surface area contributed by atoms with Crippen molar-refractivity contribution >= 4 is 15.0 Å². The quantitative estimate of drug-likeness (QED) is 0.326.